The number of anilines is 1. The molecule has 1 heterocycles. The fourth-order valence-corrected chi connectivity index (χ4v) is 3.49. The Morgan fingerprint density at radius 3 is 2.62 bits per heavy atom. The fourth-order valence-electron chi connectivity index (χ4n) is 3.43. The van der Waals surface area contributed by atoms with Crippen molar-refractivity contribution in [3.63, 3.8) is 0 Å². The summed E-state index contributed by atoms with van der Waals surface area (Å²) in [7, 11) is 1.93. The summed E-state index contributed by atoms with van der Waals surface area (Å²) >= 11 is 5.70. The Morgan fingerprint density at radius 2 is 1.83 bits per heavy atom. The molecule has 6 nitrogen and oxygen atoms in total. The van der Waals surface area contributed by atoms with E-state index in [4.69, 9.17) is 17.3 Å². The van der Waals surface area contributed by atoms with Gasteiger partial charge in [0.05, 0.1) is 28.3 Å². The molecule has 0 bridgehead atoms. The van der Waals surface area contributed by atoms with Crippen molar-refractivity contribution < 1.29 is 9.90 Å². The first-order valence-electron chi connectivity index (χ1n) is 8.99. The Bertz CT molecular complexity index is 1280. The quantitative estimate of drug-likeness (QED) is 0.264. The average molecular weight is 407 g/mol. The Labute approximate surface area is 172 Å². The van der Waals surface area contributed by atoms with E-state index >= 15 is 0 Å². The number of para-hydroxylation sites is 3. The lowest BCUT2D eigenvalue weighted by Crippen LogP contribution is -2.14. The van der Waals surface area contributed by atoms with Crippen molar-refractivity contribution in [2.45, 2.75) is 0 Å². The molecule has 0 radical (unpaired) electrons. The molecule has 1 aromatic heterocycles. The summed E-state index contributed by atoms with van der Waals surface area (Å²) in [6.07, 6.45) is 0. The van der Waals surface area contributed by atoms with E-state index in [2.05, 4.69) is 10.3 Å². The lowest BCUT2D eigenvalue weighted by Gasteiger charge is -2.10. The molecule has 0 aliphatic heterocycles. The maximum atomic E-state index is 12.9. The van der Waals surface area contributed by atoms with Crippen LogP contribution in [0.15, 0.2) is 65.7 Å². The van der Waals surface area contributed by atoms with Crippen LogP contribution in [0.2, 0.25) is 0 Å². The number of aliphatic imine (C=N–C) groups is 1. The van der Waals surface area contributed by atoms with E-state index in [1.807, 2.05) is 35.9 Å². The SMILES string of the molecule is Cn1c2ccccc2c2cc(C(=O)Nc3ccccc3N=C(N)CCl)c(O)cc21. The number of fused-ring (bicyclic) bond motifs is 3. The van der Waals surface area contributed by atoms with Gasteiger partial charge in [-0.3, -0.25) is 4.79 Å². The van der Waals surface area contributed by atoms with Crippen LogP contribution in [0.1, 0.15) is 10.4 Å². The van der Waals surface area contributed by atoms with E-state index in [-0.39, 0.29) is 23.0 Å². The standard InChI is InChI=1S/C22H19ClN4O2/c1-27-18-9-5-2-6-13(18)14-10-15(20(28)11-19(14)27)22(29)26-17-8-4-3-7-16(17)25-21(24)12-23/h2-11,28H,12H2,1H3,(H2,24,25)(H,26,29). The van der Waals surface area contributed by atoms with Gasteiger partial charge >= 0.3 is 0 Å². The Balaban J connectivity index is 1.77. The minimum absolute atomic E-state index is 0.0841. The number of aromatic nitrogens is 1. The highest BCUT2D eigenvalue weighted by molar-refractivity contribution is 6.28. The van der Waals surface area contributed by atoms with Gasteiger partial charge < -0.3 is 20.7 Å². The summed E-state index contributed by atoms with van der Waals surface area (Å²) < 4.78 is 1.99. The number of hydrogen-bond donors (Lipinski definition) is 3. The van der Waals surface area contributed by atoms with Crippen LogP contribution in [-0.4, -0.2) is 27.3 Å². The number of phenolic OH excluding ortho intramolecular Hbond substituents is 1. The lowest BCUT2D eigenvalue weighted by molar-refractivity contribution is 0.102. The van der Waals surface area contributed by atoms with Gasteiger partial charge in [-0.25, -0.2) is 4.99 Å². The molecule has 0 atom stereocenters. The maximum Gasteiger partial charge on any atom is 0.259 e. The van der Waals surface area contributed by atoms with E-state index in [9.17, 15) is 9.90 Å². The number of carbonyl (C=O) groups is 1. The van der Waals surface area contributed by atoms with Crippen LogP contribution in [0.4, 0.5) is 11.4 Å². The van der Waals surface area contributed by atoms with Crippen LogP contribution < -0.4 is 11.1 Å². The van der Waals surface area contributed by atoms with Crippen molar-refractivity contribution in [2.75, 3.05) is 11.2 Å². The zero-order valence-electron chi connectivity index (χ0n) is 15.7. The summed E-state index contributed by atoms with van der Waals surface area (Å²) in [4.78, 5) is 17.2. The number of aryl methyl sites for hydroxylation is 1. The van der Waals surface area contributed by atoms with Crippen LogP contribution in [0.5, 0.6) is 5.75 Å². The molecule has 0 aliphatic rings. The highest BCUT2D eigenvalue weighted by Gasteiger charge is 2.17. The molecule has 3 aromatic carbocycles. The highest BCUT2D eigenvalue weighted by atomic mass is 35.5. The lowest BCUT2D eigenvalue weighted by atomic mass is 10.1. The largest absolute Gasteiger partial charge is 0.507 e. The number of phenols is 1. The zero-order chi connectivity index (χ0) is 20.5. The normalized spacial score (nSPS) is 11.9. The fraction of sp³-hybridized carbons (Fsp3) is 0.0909. The molecule has 29 heavy (non-hydrogen) atoms. The number of nitrogens with two attached hydrogens (primary N) is 1. The maximum absolute atomic E-state index is 12.9. The van der Waals surface area contributed by atoms with Crippen molar-refractivity contribution in [1.29, 1.82) is 0 Å². The summed E-state index contributed by atoms with van der Waals surface area (Å²) in [5.41, 5.74) is 8.74. The van der Waals surface area contributed by atoms with Gasteiger partial charge in [0, 0.05) is 29.4 Å². The van der Waals surface area contributed by atoms with E-state index in [0.717, 1.165) is 21.8 Å². The van der Waals surface area contributed by atoms with Crippen LogP contribution in [0.25, 0.3) is 21.8 Å². The first kappa shape index (κ1) is 18.8. The predicted octanol–water partition coefficient (Wildman–Crippen LogP) is 4.52. The van der Waals surface area contributed by atoms with E-state index in [0.29, 0.717) is 11.4 Å². The van der Waals surface area contributed by atoms with Gasteiger partial charge in [0.15, 0.2) is 0 Å². The van der Waals surface area contributed by atoms with Crippen LogP contribution in [0, 0.1) is 0 Å². The van der Waals surface area contributed by atoms with Gasteiger partial charge in [0.25, 0.3) is 5.91 Å². The molecule has 0 aliphatic carbocycles. The molecule has 7 heteroatoms. The summed E-state index contributed by atoms with van der Waals surface area (Å²) in [6.45, 7) is 0. The number of rotatable bonds is 4. The summed E-state index contributed by atoms with van der Waals surface area (Å²) in [6, 6.07) is 18.2. The summed E-state index contributed by atoms with van der Waals surface area (Å²) in [5.74, 6) is -0.208. The van der Waals surface area contributed by atoms with E-state index in [1.54, 1.807) is 36.4 Å². The molecule has 0 unspecified atom stereocenters. The molecule has 1 amide bonds. The predicted molar refractivity (Wildman–Crippen MR) is 118 cm³/mol. The third-order valence-electron chi connectivity index (χ3n) is 4.83. The molecule has 0 saturated heterocycles. The number of halogens is 1. The van der Waals surface area contributed by atoms with Gasteiger partial charge in [0.1, 0.15) is 11.6 Å². The van der Waals surface area contributed by atoms with Gasteiger partial charge in [-0.05, 0) is 24.3 Å². The number of nitrogens with one attached hydrogen (secondary N) is 1. The number of hydrogen-bond acceptors (Lipinski definition) is 3. The second-order valence-corrected chi connectivity index (χ2v) is 6.94. The van der Waals surface area contributed by atoms with Crippen LogP contribution >= 0.6 is 11.6 Å². The van der Waals surface area contributed by atoms with Gasteiger partial charge in [0.2, 0.25) is 0 Å². The second kappa shape index (κ2) is 7.48. The molecule has 4 aromatic rings. The van der Waals surface area contributed by atoms with Crippen molar-refractivity contribution in [2.24, 2.45) is 17.8 Å². The molecule has 4 rings (SSSR count). The topological polar surface area (TPSA) is 92.6 Å². The molecule has 4 N–H and O–H groups in total. The number of benzene rings is 3. The monoisotopic (exact) mass is 406 g/mol. The van der Waals surface area contributed by atoms with Gasteiger partial charge in [-0.1, -0.05) is 30.3 Å². The number of amidine groups is 1. The molecule has 0 fully saturated rings. The van der Waals surface area contributed by atoms with Crippen molar-refractivity contribution in [1.82, 2.24) is 4.57 Å². The van der Waals surface area contributed by atoms with Crippen molar-refractivity contribution >= 4 is 56.5 Å². The first-order chi connectivity index (χ1) is 14.0. The molecule has 146 valence electrons. The summed E-state index contributed by atoms with van der Waals surface area (Å²) in [5, 5.41) is 15.2. The molecule has 0 saturated carbocycles. The van der Waals surface area contributed by atoms with Crippen LogP contribution in [0.3, 0.4) is 0 Å². The average Bonchev–Trinajstić information content (AvgIpc) is 3.00. The second-order valence-electron chi connectivity index (χ2n) is 6.67. The van der Waals surface area contributed by atoms with Gasteiger partial charge in [-0.2, -0.15) is 0 Å². The first-order valence-corrected chi connectivity index (χ1v) is 9.52. The smallest absolute Gasteiger partial charge is 0.259 e. The van der Waals surface area contributed by atoms with Crippen molar-refractivity contribution in [3.8, 4) is 5.75 Å². The Morgan fingerprint density at radius 1 is 1.10 bits per heavy atom. The Hall–Kier alpha value is -3.51. The van der Waals surface area contributed by atoms with Gasteiger partial charge in [-0.15, -0.1) is 11.6 Å². The van der Waals surface area contributed by atoms with E-state index in [1.165, 1.54) is 0 Å². The third-order valence-corrected chi connectivity index (χ3v) is 5.10. The van der Waals surface area contributed by atoms with Crippen LogP contribution in [-0.2, 0) is 7.05 Å². The minimum Gasteiger partial charge on any atom is -0.507 e. The van der Waals surface area contributed by atoms with Crippen molar-refractivity contribution in [3.05, 3.63) is 66.2 Å². The third kappa shape index (κ3) is 3.39. The molecule has 0 spiro atoms. The van der Waals surface area contributed by atoms with E-state index < -0.39 is 5.91 Å². The number of nitrogens with zero attached hydrogens (tertiary/aromatic N) is 2. The molecular weight excluding hydrogens is 388 g/mol. The number of amides is 1. The number of alkyl halides is 1. The molecular formula is C22H19ClN4O2. The zero-order valence-corrected chi connectivity index (χ0v) is 16.4. The number of aromatic hydroxyl groups is 1. The number of carbonyl (C=O) groups excluding carboxylic acids is 1. The minimum atomic E-state index is -0.440. The highest BCUT2D eigenvalue weighted by Crippen LogP contribution is 2.33. The Kier molecular flexibility index (Phi) is 4.86.